The first kappa shape index (κ1) is 14.9. The van der Waals surface area contributed by atoms with Crippen LogP contribution in [-0.4, -0.2) is 0 Å². The van der Waals surface area contributed by atoms with Crippen molar-refractivity contribution in [3.8, 4) is 0 Å². The molecule has 0 saturated heterocycles. The van der Waals surface area contributed by atoms with Crippen LogP contribution in [0.5, 0.6) is 0 Å². The molecule has 1 saturated carbocycles. The van der Waals surface area contributed by atoms with Crippen molar-refractivity contribution in [1.29, 1.82) is 0 Å². The maximum Gasteiger partial charge on any atom is 0.132 e. The highest BCUT2D eigenvalue weighted by Gasteiger charge is 2.31. The minimum Gasteiger partial charge on any atom is -0.271 e. The molecule has 0 aromatic heterocycles. The summed E-state index contributed by atoms with van der Waals surface area (Å²) in [5.74, 6) is 5.23. The zero-order valence-electron chi connectivity index (χ0n) is 10.9. The van der Waals surface area contributed by atoms with Crippen LogP contribution in [-0.2, 0) is 0 Å². The largest absolute Gasteiger partial charge is 0.271 e. The highest BCUT2D eigenvalue weighted by molar-refractivity contribution is 9.10. The summed E-state index contributed by atoms with van der Waals surface area (Å²) in [6.45, 7) is 2.17. The van der Waals surface area contributed by atoms with Crippen molar-refractivity contribution in [3.05, 3.63) is 33.8 Å². The molecule has 2 rings (SSSR count). The van der Waals surface area contributed by atoms with Gasteiger partial charge in [0.2, 0.25) is 0 Å². The first-order valence-corrected chi connectivity index (χ1v) is 7.42. The van der Waals surface area contributed by atoms with Crippen LogP contribution < -0.4 is 11.3 Å². The Kier molecular flexibility index (Phi) is 4.92. The molecule has 0 bridgehead atoms. The van der Waals surface area contributed by atoms with Gasteiger partial charge in [0, 0.05) is 10.0 Å². The van der Waals surface area contributed by atoms with Crippen LogP contribution in [0.25, 0.3) is 0 Å². The highest BCUT2D eigenvalue weighted by atomic mass is 79.9. The minimum absolute atomic E-state index is 0.0600. The molecular weight excluding hydrogens is 314 g/mol. The number of hydrogen-bond donors (Lipinski definition) is 2. The lowest BCUT2D eigenvalue weighted by atomic mass is 9.76. The fourth-order valence-electron chi connectivity index (χ4n) is 3.09. The molecule has 1 aromatic rings. The molecule has 1 aromatic carbocycles. The Bertz CT molecular complexity index is 430. The van der Waals surface area contributed by atoms with Crippen LogP contribution in [0.3, 0.4) is 0 Å². The summed E-state index contributed by atoms with van der Waals surface area (Å²) in [4.78, 5) is 0. The zero-order valence-corrected chi connectivity index (χ0v) is 12.5. The third kappa shape index (κ3) is 3.33. The summed E-state index contributed by atoms with van der Waals surface area (Å²) < 4.78 is 28.5. The molecule has 1 fully saturated rings. The number of hydrazine groups is 1. The van der Waals surface area contributed by atoms with Crippen molar-refractivity contribution in [2.45, 2.75) is 38.6 Å². The van der Waals surface area contributed by atoms with E-state index < -0.39 is 17.7 Å². The van der Waals surface area contributed by atoms with Crippen molar-refractivity contribution in [2.24, 2.45) is 17.7 Å². The molecule has 3 atom stereocenters. The van der Waals surface area contributed by atoms with E-state index in [0.29, 0.717) is 10.4 Å². The smallest absolute Gasteiger partial charge is 0.132 e. The second-order valence-electron chi connectivity index (χ2n) is 5.46. The molecule has 0 heterocycles. The van der Waals surface area contributed by atoms with E-state index in [9.17, 15) is 8.78 Å². The fourth-order valence-corrected chi connectivity index (χ4v) is 3.49. The highest BCUT2D eigenvalue weighted by Crippen LogP contribution is 2.38. The van der Waals surface area contributed by atoms with Crippen LogP contribution in [0.2, 0.25) is 0 Å². The normalized spacial score (nSPS) is 25.3. The molecule has 5 heteroatoms. The van der Waals surface area contributed by atoms with Gasteiger partial charge in [-0.15, -0.1) is 0 Å². The Morgan fingerprint density at radius 2 is 1.95 bits per heavy atom. The Labute approximate surface area is 120 Å². The topological polar surface area (TPSA) is 38.0 Å². The molecule has 19 heavy (non-hydrogen) atoms. The van der Waals surface area contributed by atoms with Gasteiger partial charge in [-0.1, -0.05) is 35.7 Å². The molecule has 1 aliphatic carbocycles. The molecule has 3 N–H and O–H groups in total. The molecule has 1 aliphatic rings. The van der Waals surface area contributed by atoms with E-state index in [0.717, 1.165) is 19.3 Å². The van der Waals surface area contributed by atoms with E-state index in [2.05, 4.69) is 28.3 Å². The number of benzene rings is 1. The molecule has 0 aliphatic heterocycles. The maximum absolute atomic E-state index is 14.0. The monoisotopic (exact) mass is 332 g/mol. The van der Waals surface area contributed by atoms with Gasteiger partial charge < -0.3 is 0 Å². The summed E-state index contributed by atoms with van der Waals surface area (Å²) in [6.07, 6.45) is 4.17. The zero-order chi connectivity index (χ0) is 14.0. The van der Waals surface area contributed by atoms with Crippen LogP contribution in [0, 0.1) is 23.5 Å². The van der Waals surface area contributed by atoms with Gasteiger partial charge in [-0.05, 0) is 36.8 Å². The average molecular weight is 333 g/mol. The van der Waals surface area contributed by atoms with Gasteiger partial charge in [0.15, 0.2) is 0 Å². The van der Waals surface area contributed by atoms with E-state index in [-0.39, 0.29) is 11.5 Å². The second kappa shape index (κ2) is 6.29. The Morgan fingerprint density at radius 3 is 2.47 bits per heavy atom. The third-order valence-electron chi connectivity index (χ3n) is 3.98. The molecule has 3 unspecified atom stereocenters. The van der Waals surface area contributed by atoms with E-state index in [1.165, 1.54) is 18.6 Å². The summed E-state index contributed by atoms with van der Waals surface area (Å²) >= 11 is 3.09. The fraction of sp³-hybridized carbons (Fsp3) is 0.571. The minimum atomic E-state index is -0.548. The van der Waals surface area contributed by atoms with Gasteiger partial charge in [-0.2, -0.15) is 0 Å². The lowest BCUT2D eigenvalue weighted by Crippen LogP contribution is -2.36. The van der Waals surface area contributed by atoms with Crippen LogP contribution in [0.15, 0.2) is 16.6 Å². The number of halogens is 3. The SMILES string of the molecule is CC1CCCC(C(NN)c2c(F)cc(Br)cc2F)C1. The standard InChI is InChI=1S/C14H19BrF2N2/c1-8-3-2-4-9(5-8)14(19-18)13-11(16)6-10(15)7-12(13)17/h6-9,14,19H,2-5,18H2,1H3. The second-order valence-corrected chi connectivity index (χ2v) is 6.37. The molecular formula is C14H19BrF2N2. The summed E-state index contributed by atoms with van der Waals surface area (Å²) in [6, 6.07) is 2.11. The van der Waals surface area contributed by atoms with E-state index >= 15 is 0 Å². The van der Waals surface area contributed by atoms with Gasteiger partial charge in [0.25, 0.3) is 0 Å². The van der Waals surface area contributed by atoms with Gasteiger partial charge >= 0.3 is 0 Å². The molecule has 2 nitrogen and oxygen atoms in total. The van der Waals surface area contributed by atoms with Gasteiger partial charge in [-0.25, -0.2) is 8.78 Å². The van der Waals surface area contributed by atoms with Gasteiger partial charge in [-0.3, -0.25) is 11.3 Å². The van der Waals surface area contributed by atoms with E-state index in [4.69, 9.17) is 5.84 Å². The predicted molar refractivity (Wildman–Crippen MR) is 75.2 cm³/mol. The summed E-state index contributed by atoms with van der Waals surface area (Å²) in [5, 5.41) is 0. The lowest BCUT2D eigenvalue weighted by molar-refractivity contribution is 0.218. The Balaban J connectivity index is 2.31. The molecule has 106 valence electrons. The number of nitrogens with two attached hydrogens (primary N) is 1. The summed E-state index contributed by atoms with van der Waals surface area (Å²) in [5.41, 5.74) is 2.67. The lowest BCUT2D eigenvalue weighted by Gasteiger charge is -2.33. The first-order chi connectivity index (χ1) is 9.02. The average Bonchev–Trinajstić information content (AvgIpc) is 2.33. The van der Waals surface area contributed by atoms with E-state index in [1.54, 1.807) is 0 Å². The van der Waals surface area contributed by atoms with Crippen molar-refractivity contribution < 1.29 is 8.78 Å². The predicted octanol–water partition coefficient (Wildman–Crippen LogP) is 4.06. The van der Waals surface area contributed by atoms with Crippen molar-refractivity contribution in [1.82, 2.24) is 5.43 Å². The molecule has 0 amide bonds. The molecule has 0 radical (unpaired) electrons. The number of nitrogens with one attached hydrogen (secondary N) is 1. The molecule has 0 spiro atoms. The van der Waals surface area contributed by atoms with Crippen LogP contribution in [0.4, 0.5) is 8.78 Å². The van der Waals surface area contributed by atoms with Crippen molar-refractivity contribution in [3.63, 3.8) is 0 Å². The van der Waals surface area contributed by atoms with Crippen LogP contribution in [0.1, 0.15) is 44.2 Å². The van der Waals surface area contributed by atoms with Crippen molar-refractivity contribution >= 4 is 15.9 Å². The van der Waals surface area contributed by atoms with Gasteiger partial charge in [0.1, 0.15) is 11.6 Å². The third-order valence-corrected chi connectivity index (χ3v) is 4.44. The Morgan fingerprint density at radius 1 is 1.32 bits per heavy atom. The van der Waals surface area contributed by atoms with E-state index in [1.807, 2.05) is 0 Å². The maximum atomic E-state index is 14.0. The quantitative estimate of drug-likeness (QED) is 0.647. The number of rotatable bonds is 3. The van der Waals surface area contributed by atoms with Crippen molar-refractivity contribution in [2.75, 3.05) is 0 Å². The first-order valence-electron chi connectivity index (χ1n) is 6.63. The summed E-state index contributed by atoms with van der Waals surface area (Å²) in [7, 11) is 0. The Hall–Kier alpha value is -0.520. The van der Waals surface area contributed by atoms with Crippen LogP contribution >= 0.6 is 15.9 Å². The van der Waals surface area contributed by atoms with Gasteiger partial charge in [0.05, 0.1) is 6.04 Å². The number of hydrogen-bond acceptors (Lipinski definition) is 2.